The first-order valence-electron chi connectivity index (χ1n) is 4.63. The lowest BCUT2D eigenvalue weighted by Gasteiger charge is -2.30. The quantitative estimate of drug-likeness (QED) is 0.668. The number of piperidine rings is 1. The first kappa shape index (κ1) is 9.50. The van der Waals surface area contributed by atoms with E-state index in [1.807, 2.05) is 7.05 Å². The fraction of sp³-hybridized carbons (Fsp3) is 0.889. The lowest BCUT2D eigenvalue weighted by atomic mass is 10.1. The van der Waals surface area contributed by atoms with Crippen molar-refractivity contribution in [1.82, 2.24) is 10.2 Å². The zero-order valence-electron chi connectivity index (χ0n) is 7.71. The molecule has 68 valence electrons. The maximum Gasteiger partial charge on any atom is 0.0635 e. The highest BCUT2D eigenvalue weighted by atomic mass is 15.1. The van der Waals surface area contributed by atoms with E-state index < -0.39 is 0 Å². The van der Waals surface area contributed by atoms with Crippen LogP contribution in [-0.2, 0) is 0 Å². The zero-order valence-corrected chi connectivity index (χ0v) is 7.71. The summed E-state index contributed by atoms with van der Waals surface area (Å²) in [6.45, 7) is 3.24. The molecule has 0 saturated carbocycles. The number of nitrogens with zero attached hydrogens (tertiary/aromatic N) is 2. The van der Waals surface area contributed by atoms with Crippen LogP contribution in [0.2, 0.25) is 0 Å². The van der Waals surface area contributed by atoms with Gasteiger partial charge in [0.2, 0.25) is 0 Å². The third-order valence-corrected chi connectivity index (χ3v) is 2.54. The van der Waals surface area contributed by atoms with Gasteiger partial charge in [-0.25, -0.2) is 0 Å². The van der Waals surface area contributed by atoms with E-state index in [4.69, 9.17) is 5.26 Å². The van der Waals surface area contributed by atoms with Crippen LogP contribution in [0, 0.1) is 11.3 Å². The number of nitrogens with one attached hydrogen (secondary N) is 1. The van der Waals surface area contributed by atoms with Crippen molar-refractivity contribution in [2.45, 2.75) is 25.3 Å². The van der Waals surface area contributed by atoms with Gasteiger partial charge in [-0.2, -0.15) is 5.26 Å². The monoisotopic (exact) mass is 167 g/mol. The Morgan fingerprint density at radius 2 is 2.17 bits per heavy atom. The summed E-state index contributed by atoms with van der Waals surface area (Å²) in [6.07, 6.45) is 3.12. The summed E-state index contributed by atoms with van der Waals surface area (Å²) in [5, 5.41) is 11.7. The molecule has 1 heterocycles. The van der Waals surface area contributed by atoms with E-state index in [0.717, 1.165) is 19.6 Å². The Labute approximate surface area is 74.4 Å². The molecule has 0 amide bonds. The van der Waals surface area contributed by atoms with Crippen LogP contribution in [0.25, 0.3) is 0 Å². The van der Waals surface area contributed by atoms with Gasteiger partial charge in [0.25, 0.3) is 0 Å². The standard InChI is InChI=1S/C9H17N3/c1-11-9-3-7-12(8-4-9)6-2-5-10/h9,11H,2-4,6-8H2,1H3. The molecular weight excluding hydrogens is 150 g/mol. The molecule has 0 spiro atoms. The third kappa shape index (κ3) is 2.80. The van der Waals surface area contributed by atoms with E-state index >= 15 is 0 Å². The van der Waals surface area contributed by atoms with Gasteiger partial charge in [0.1, 0.15) is 0 Å². The van der Waals surface area contributed by atoms with Gasteiger partial charge < -0.3 is 10.2 Å². The molecule has 0 aromatic carbocycles. The molecule has 1 N–H and O–H groups in total. The fourth-order valence-electron chi connectivity index (χ4n) is 1.65. The SMILES string of the molecule is CNC1CCN(CCC#N)CC1. The lowest BCUT2D eigenvalue weighted by molar-refractivity contribution is 0.205. The van der Waals surface area contributed by atoms with Crippen LogP contribution in [0.4, 0.5) is 0 Å². The Kier molecular flexibility index (Phi) is 4.06. The van der Waals surface area contributed by atoms with Crippen LogP contribution in [0.3, 0.4) is 0 Å². The Morgan fingerprint density at radius 1 is 1.50 bits per heavy atom. The van der Waals surface area contributed by atoms with Crippen molar-refractivity contribution in [3.8, 4) is 6.07 Å². The molecule has 1 aliphatic heterocycles. The summed E-state index contributed by atoms with van der Waals surface area (Å²) in [5.74, 6) is 0. The minimum Gasteiger partial charge on any atom is -0.317 e. The van der Waals surface area contributed by atoms with Crippen LogP contribution in [0.1, 0.15) is 19.3 Å². The first-order chi connectivity index (χ1) is 5.86. The topological polar surface area (TPSA) is 39.1 Å². The Balaban J connectivity index is 2.14. The van der Waals surface area contributed by atoms with Gasteiger partial charge in [0.15, 0.2) is 0 Å². The zero-order chi connectivity index (χ0) is 8.81. The van der Waals surface area contributed by atoms with Crippen molar-refractivity contribution in [2.24, 2.45) is 0 Å². The molecule has 0 radical (unpaired) electrons. The molecule has 0 unspecified atom stereocenters. The molecule has 0 aromatic rings. The molecule has 1 aliphatic rings. The van der Waals surface area contributed by atoms with E-state index in [1.165, 1.54) is 12.8 Å². The fourth-order valence-corrected chi connectivity index (χ4v) is 1.65. The van der Waals surface area contributed by atoms with Gasteiger partial charge in [0.05, 0.1) is 6.07 Å². The Hall–Kier alpha value is -0.590. The number of likely N-dealkylation sites (tertiary alicyclic amines) is 1. The summed E-state index contributed by atoms with van der Waals surface area (Å²) in [6, 6.07) is 2.88. The van der Waals surface area contributed by atoms with Crippen LogP contribution in [0.5, 0.6) is 0 Å². The second-order valence-electron chi connectivity index (χ2n) is 3.31. The van der Waals surface area contributed by atoms with Gasteiger partial charge in [-0.1, -0.05) is 0 Å². The molecule has 0 atom stereocenters. The molecule has 1 saturated heterocycles. The van der Waals surface area contributed by atoms with Gasteiger partial charge in [-0.15, -0.1) is 0 Å². The predicted octanol–water partition coefficient (Wildman–Crippen LogP) is 0.584. The van der Waals surface area contributed by atoms with Crippen LogP contribution in [0.15, 0.2) is 0 Å². The van der Waals surface area contributed by atoms with Crippen molar-refractivity contribution in [2.75, 3.05) is 26.7 Å². The summed E-state index contributed by atoms with van der Waals surface area (Å²) in [5.41, 5.74) is 0. The van der Waals surface area contributed by atoms with Crippen molar-refractivity contribution in [3.05, 3.63) is 0 Å². The van der Waals surface area contributed by atoms with E-state index in [1.54, 1.807) is 0 Å². The summed E-state index contributed by atoms with van der Waals surface area (Å²) >= 11 is 0. The van der Waals surface area contributed by atoms with Crippen molar-refractivity contribution in [3.63, 3.8) is 0 Å². The number of hydrogen-bond donors (Lipinski definition) is 1. The summed E-state index contributed by atoms with van der Waals surface area (Å²) < 4.78 is 0. The van der Waals surface area contributed by atoms with E-state index in [-0.39, 0.29) is 0 Å². The minimum atomic E-state index is 0.671. The van der Waals surface area contributed by atoms with Crippen LogP contribution < -0.4 is 5.32 Å². The van der Waals surface area contributed by atoms with E-state index in [0.29, 0.717) is 12.5 Å². The highest BCUT2D eigenvalue weighted by Crippen LogP contribution is 2.09. The van der Waals surface area contributed by atoms with E-state index in [2.05, 4.69) is 16.3 Å². The molecule has 3 heteroatoms. The average molecular weight is 167 g/mol. The average Bonchev–Trinajstić information content (AvgIpc) is 2.15. The van der Waals surface area contributed by atoms with Crippen LogP contribution in [-0.4, -0.2) is 37.6 Å². The molecular formula is C9H17N3. The summed E-state index contributed by atoms with van der Waals surface area (Å²) in [7, 11) is 2.02. The lowest BCUT2D eigenvalue weighted by Crippen LogP contribution is -2.41. The number of hydrogen-bond acceptors (Lipinski definition) is 3. The van der Waals surface area contributed by atoms with E-state index in [9.17, 15) is 0 Å². The largest absolute Gasteiger partial charge is 0.317 e. The highest BCUT2D eigenvalue weighted by Gasteiger charge is 2.16. The maximum atomic E-state index is 8.41. The van der Waals surface area contributed by atoms with Gasteiger partial charge in [-0.3, -0.25) is 0 Å². The molecule has 3 nitrogen and oxygen atoms in total. The first-order valence-corrected chi connectivity index (χ1v) is 4.63. The van der Waals surface area contributed by atoms with Crippen molar-refractivity contribution < 1.29 is 0 Å². The molecule has 0 aliphatic carbocycles. The highest BCUT2D eigenvalue weighted by molar-refractivity contribution is 4.78. The number of nitriles is 1. The Bertz CT molecular complexity index is 154. The smallest absolute Gasteiger partial charge is 0.0635 e. The molecule has 1 fully saturated rings. The minimum absolute atomic E-state index is 0.671. The van der Waals surface area contributed by atoms with Gasteiger partial charge >= 0.3 is 0 Å². The Morgan fingerprint density at radius 3 is 2.67 bits per heavy atom. The van der Waals surface area contributed by atoms with Crippen LogP contribution >= 0.6 is 0 Å². The molecule has 0 aromatic heterocycles. The van der Waals surface area contributed by atoms with Gasteiger partial charge in [-0.05, 0) is 33.0 Å². The normalized spacial score (nSPS) is 20.7. The summed E-state index contributed by atoms with van der Waals surface area (Å²) in [4.78, 5) is 2.37. The molecule has 0 bridgehead atoms. The number of rotatable bonds is 3. The predicted molar refractivity (Wildman–Crippen MR) is 48.8 cm³/mol. The molecule has 1 rings (SSSR count). The van der Waals surface area contributed by atoms with Gasteiger partial charge in [0, 0.05) is 19.0 Å². The van der Waals surface area contributed by atoms with Crippen molar-refractivity contribution >= 4 is 0 Å². The van der Waals surface area contributed by atoms with Crippen molar-refractivity contribution in [1.29, 1.82) is 5.26 Å². The maximum absolute atomic E-state index is 8.41. The second-order valence-corrected chi connectivity index (χ2v) is 3.31. The third-order valence-electron chi connectivity index (χ3n) is 2.54. The molecule has 12 heavy (non-hydrogen) atoms. The second kappa shape index (κ2) is 5.13.